The maximum absolute atomic E-state index is 13.4. The van der Waals surface area contributed by atoms with Crippen molar-refractivity contribution < 1.29 is 9.50 Å². The van der Waals surface area contributed by atoms with Gasteiger partial charge in [-0.25, -0.2) is 4.39 Å². The molecule has 0 aromatic heterocycles. The molecule has 0 radical (unpaired) electrons. The van der Waals surface area contributed by atoms with E-state index < -0.39 is 0 Å². The number of aliphatic hydroxyl groups is 1. The van der Waals surface area contributed by atoms with Crippen molar-refractivity contribution in [3.63, 3.8) is 0 Å². The largest absolute Gasteiger partial charge is 0.392 e. The standard InChI is InChI=1S/C19H25FN2O/c1-4-19(15-6-8-17(9-7-15)22(2)3)21-12-14-5-10-18(20)16(11-14)13-23/h5-11,19,21,23H,4,12-13H2,1-3H3. The zero-order valence-corrected chi connectivity index (χ0v) is 14.0. The second kappa shape index (κ2) is 8.09. The molecule has 0 fully saturated rings. The predicted molar refractivity (Wildman–Crippen MR) is 93.0 cm³/mol. The van der Waals surface area contributed by atoms with Gasteiger partial charge in [0.1, 0.15) is 5.82 Å². The summed E-state index contributed by atoms with van der Waals surface area (Å²) in [6, 6.07) is 13.6. The van der Waals surface area contributed by atoms with E-state index in [-0.39, 0.29) is 18.5 Å². The molecule has 4 heteroatoms. The Bertz CT molecular complexity index is 626. The number of nitrogens with zero attached hydrogens (tertiary/aromatic N) is 1. The van der Waals surface area contributed by atoms with Crippen molar-refractivity contribution >= 4 is 5.69 Å². The molecule has 0 saturated carbocycles. The fraction of sp³-hybridized carbons (Fsp3) is 0.368. The highest BCUT2D eigenvalue weighted by Gasteiger charge is 2.10. The van der Waals surface area contributed by atoms with Gasteiger partial charge in [0, 0.05) is 37.9 Å². The van der Waals surface area contributed by atoms with Crippen LogP contribution in [0, 0.1) is 5.82 Å². The predicted octanol–water partition coefficient (Wildman–Crippen LogP) is 3.62. The van der Waals surface area contributed by atoms with Crippen molar-refractivity contribution in [2.24, 2.45) is 0 Å². The van der Waals surface area contributed by atoms with Crippen molar-refractivity contribution in [2.75, 3.05) is 19.0 Å². The van der Waals surface area contributed by atoms with Crippen LogP contribution in [0.2, 0.25) is 0 Å². The highest BCUT2D eigenvalue weighted by molar-refractivity contribution is 5.46. The second-order valence-electron chi connectivity index (χ2n) is 5.91. The number of benzene rings is 2. The molecule has 1 unspecified atom stereocenters. The first-order valence-corrected chi connectivity index (χ1v) is 7.94. The van der Waals surface area contributed by atoms with Gasteiger partial charge in [0.15, 0.2) is 0 Å². The van der Waals surface area contributed by atoms with Gasteiger partial charge < -0.3 is 15.3 Å². The molecule has 2 aromatic carbocycles. The zero-order valence-electron chi connectivity index (χ0n) is 14.0. The van der Waals surface area contributed by atoms with Crippen molar-refractivity contribution in [3.05, 3.63) is 65.0 Å². The molecule has 0 spiro atoms. The van der Waals surface area contributed by atoms with Crippen LogP contribution in [-0.2, 0) is 13.2 Å². The molecule has 0 amide bonds. The maximum atomic E-state index is 13.4. The number of hydrogen-bond acceptors (Lipinski definition) is 3. The molecule has 23 heavy (non-hydrogen) atoms. The van der Waals surface area contributed by atoms with E-state index >= 15 is 0 Å². The highest BCUT2D eigenvalue weighted by Crippen LogP contribution is 2.21. The molecule has 0 aliphatic rings. The fourth-order valence-corrected chi connectivity index (χ4v) is 2.60. The molecule has 0 saturated heterocycles. The van der Waals surface area contributed by atoms with E-state index in [0.717, 1.165) is 12.0 Å². The molecule has 2 aromatic rings. The summed E-state index contributed by atoms with van der Waals surface area (Å²) >= 11 is 0. The minimum atomic E-state index is -0.359. The van der Waals surface area contributed by atoms with Gasteiger partial charge in [0.2, 0.25) is 0 Å². The lowest BCUT2D eigenvalue weighted by Crippen LogP contribution is -2.20. The normalized spacial score (nSPS) is 12.2. The third-order valence-electron chi connectivity index (χ3n) is 4.05. The number of aliphatic hydroxyl groups excluding tert-OH is 1. The molecule has 2 N–H and O–H groups in total. The Hall–Kier alpha value is -1.91. The van der Waals surface area contributed by atoms with Crippen LogP contribution in [-0.4, -0.2) is 19.2 Å². The molecule has 3 nitrogen and oxygen atoms in total. The zero-order chi connectivity index (χ0) is 16.8. The minimum absolute atomic E-state index is 0.244. The number of rotatable bonds is 7. The van der Waals surface area contributed by atoms with E-state index in [2.05, 4.69) is 41.4 Å². The molecular weight excluding hydrogens is 291 g/mol. The number of halogens is 1. The Morgan fingerprint density at radius 1 is 1.13 bits per heavy atom. The maximum Gasteiger partial charge on any atom is 0.128 e. The molecule has 124 valence electrons. The first-order valence-electron chi connectivity index (χ1n) is 7.94. The van der Waals surface area contributed by atoms with Crippen LogP contribution in [0.25, 0.3) is 0 Å². The van der Waals surface area contributed by atoms with Gasteiger partial charge in [-0.15, -0.1) is 0 Å². The van der Waals surface area contributed by atoms with E-state index in [9.17, 15) is 4.39 Å². The van der Waals surface area contributed by atoms with Crippen LogP contribution >= 0.6 is 0 Å². The molecular formula is C19H25FN2O. The van der Waals surface area contributed by atoms with Gasteiger partial charge in [-0.1, -0.05) is 25.1 Å². The Labute approximate surface area is 137 Å². The molecule has 1 atom stereocenters. The smallest absolute Gasteiger partial charge is 0.128 e. The van der Waals surface area contributed by atoms with Gasteiger partial charge in [0.05, 0.1) is 6.61 Å². The molecule has 0 aliphatic carbocycles. The lowest BCUT2D eigenvalue weighted by Gasteiger charge is -2.19. The third kappa shape index (κ3) is 4.53. The second-order valence-corrected chi connectivity index (χ2v) is 5.91. The van der Waals surface area contributed by atoms with Gasteiger partial charge in [0.25, 0.3) is 0 Å². The fourth-order valence-electron chi connectivity index (χ4n) is 2.60. The summed E-state index contributed by atoms with van der Waals surface area (Å²) in [5.74, 6) is -0.359. The molecule has 0 bridgehead atoms. The Morgan fingerprint density at radius 3 is 2.39 bits per heavy atom. The third-order valence-corrected chi connectivity index (χ3v) is 4.05. The quantitative estimate of drug-likeness (QED) is 0.819. The number of nitrogens with one attached hydrogen (secondary N) is 1. The summed E-state index contributed by atoms with van der Waals surface area (Å²) in [6.45, 7) is 2.51. The lowest BCUT2D eigenvalue weighted by molar-refractivity contribution is 0.275. The Kier molecular flexibility index (Phi) is 6.13. The van der Waals surface area contributed by atoms with Crippen LogP contribution in [0.5, 0.6) is 0 Å². The van der Waals surface area contributed by atoms with Crippen molar-refractivity contribution in [3.8, 4) is 0 Å². The van der Waals surface area contributed by atoms with E-state index in [1.807, 2.05) is 14.1 Å². The summed E-state index contributed by atoms with van der Waals surface area (Å²) < 4.78 is 13.4. The number of anilines is 1. The van der Waals surface area contributed by atoms with Crippen molar-refractivity contribution in [1.29, 1.82) is 0 Å². The van der Waals surface area contributed by atoms with Crippen LogP contribution in [0.3, 0.4) is 0 Å². The van der Waals surface area contributed by atoms with Crippen molar-refractivity contribution in [2.45, 2.75) is 32.5 Å². The van der Waals surface area contributed by atoms with Crippen molar-refractivity contribution in [1.82, 2.24) is 5.32 Å². The summed E-state index contributed by atoms with van der Waals surface area (Å²) in [5, 5.41) is 12.7. The summed E-state index contributed by atoms with van der Waals surface area (Å²) in [5.41, 5.74) is 3.73. The summed E-state index contributed by atoms with van der Waals surface area (Å²) in [6.07, 6.45) is 0.968. The molecule has 0 heterocycles. The highest BCUT2D eigenvalue weighted by atomic mass is 19.1. The lowest BCUT2D eigenvalue weighted by atomic mass is 10.0. The first-order chi connectivity index (χ1) is 11.0. The molecule has 2 rings (SSSR count). The van der Waals surface area contributed by atoms with Crippen LogP contribution < -0.4 is 10.2 Å². The molecule has 0 aliphatic heterocycles. The van der Waals surface area contributed by atoms with Crippen LogP contribution in [0.4, 0.5) is 10.1 Å². The van der Waals surface area contributed by atoms with E-state index in [1.165, 1.54) is 17.3 Å². The van der Waals surface area contributed by atoms with Gasteiger partial charge in [-0.05, 0) is 41.8 Å². The van der Waals surface area contributed by atoms with Crippen LogP contribution in [0.1, 0.15) is 36.1 Å². The van der Waals surface area contributed by atoms with E-state index in [0.29, 0.717) is 12.1 Å². The van der Waals surface area contributed by atoms with Crippen LogP contribution in [0.15, 0.2) is 42.5 Å². The van der Waals surface area contributed by atoms with E-state index in [1.54, 1.807) is 12.1 Å². The first kappa shape index (κ1) is 17.4. The summed E-state index contributed by atoms with van der Waals surface area (Å²) in [4.78, 5) is 2.08. The monoisotopic (exact) mass is 316 g/mol. The average Bonchev–Trinajstić information content (AvgIpc) is 2.57. The van der Waals surface area contributed by atoms with E-state index in [4.69, 9.17) is 5.11 Å². The Balaban J connectivity index is 2.04. The topological polar surface area (TPSA) is 35.5 Å². The number of hydrogen-bond donors (Lipinski definition) is 2. The SMILES string of the molecule is CCC(NCc1ccc(F)c(CO)c1)c1ccc(N(C)C)cc1. The minimum Gasteiger partial charge on any atom is -0.392 e. The summed E-state index contributed by atoms with van der Waals surface area (Å²) in [7, 11) is 4.05. The average molecular weight is 316 g/mol. The van der Waals surface area contributed by atoms with Gasteiger partial charge in [-0.2, -0.15) is 0 Å². The van der Waals surface area contributed by atoms with Gasteiger partial charge >= 0.3 is 0 Å². The van der Waals surface area contributed by atoms with Gasteiger partial charge in [-0.3, -0.25) is 0 Å². The Morgan fingerprint density at radius 2 is 1.83 bits per heavy atom.